The zero-order valence-corrected chi connectivity index (χ0v) is 19.6. The number of allylic oxidation sites excluding steroid dienone is 8. The minimum Gasteiger partial charge on any atom is -1.00 e. The summed E-state index contributed by atoms with van der Waals surface area (Å²) in [6.45, 7) is 10.8. The molecule has 4 aliphatic rings. The molecule has 0 nitrogen and oxygen atoms in total. The fourth-order valence-corrected chi connectivity index (χ4v) is 9.92. The number of rotatable bonds is 2. The molecule has 0 N–H and O–H groups in total. The Balaban J connectivity index is 0.000000755. The van der Waals surface area contributed by atoms with Crippen LogP contribution in [-0.2, 0) is 23.2 Å². The molecule has 0 spiro atoms. The van der Waals surface area contributed by atoms with E-state index in [4.69, 9.17) is 0 Å². The van der Waals surface area contributed by atoms with Crippen molar-refractivity contribution in [2.24, 2.45) is 0 Å². The largest absolute Gasteiger partial charge is 1.00 e. The molecule has 0 fully saturated rings. The van der Waals surface area contributed by atoms with Gasteiger partial charge in [-0.15, -0.1) is 13.2 Å². The molecule has 0 amide bonds. The van der Waals surface area contributed by atoms with Crippen LogP contribution >= 0.6 is 0 Å². The van der Waals surface area contributed by atoms with E-state index in [-0.39, 0.29) is 24.8 Å². The first-order chi connectivity index (χ1) is 11.2. The molecule has 2 unspecified atom stereocenters. The van der Waals surface area contributed by atoms with E-state index < -0.39 is 23.2 Å². The Morgan fingerprint density at radius 2 is 1.08 bits per heavy atom. The van der Waals surface area contributed by atoms with Gasteiger partial charge in [0.2, 0.25) is 0 Å². The Hall–Kier alpha value is 0.163. The van der Waals surface area contributed by atoms with E-state index in [1.807, 2.05) is 11.1 Å². The van der Waals surface area contributed by atoms with Crippen LogP contribution in [0.15, 0.2) is 58.7 Å². The van der Waals surface area contributed by atoms with Gasteiger partial charge in [-0.25, -0.2) is 0 Å². The van der Waals surface area contributed by atoms with Gasteiger partial charge in [-0.1, -0.05) is 0 Å². The van der Waals surface area contributed by atoms with Crippen LogP contribution < -0.4 is 24.8 Å². The van der Waals surface area contributed by atoms with Crippen molar-refractivity contribution in [3.8, 4) is 0 Å². The summed E-state index contributed by atoms with van der Waals surface area (Å²) in [5.74, 6) is 0. The second-order valence-corrected chi connectivity index (χ2v) is 11.0. The molecule has 2 atom stereocenters. The fourth-order valence-electron chi connectivity index (χ4n) is 4.79. The van der Waals surface area contributed by atoms with E-state index >= 15 is 0 Å². The van der Waals surface area contributed by atoms with Gasteiger partial charge in [-0.2, -0.15) is 0 Å². The van der Waals surface area contributed by atoms with Gasteiger partial charge in [0, 0.05) is 0 Å². The van der Waals surface area contributed by atoms with Crippen molar-refractivity contribution in [2.75, 3.05) is 0 Å². The maximum Gasteiger partial charge on any atom is -1.00 e. The summed E-state index contributed by atoms with van der Waals surface area (Å²) >= 11 is -0.445. The minimum atomic E-state index is -0.445. The summed E-state index contributed by atoms with van der Waals surface area (Å²) in [7, 11) is 0. The van der Waals surface area contributed by atoms with E-state index in [1.165, 1.54) is 51.4 Å². The van der Waals surface area contributed by atoms with Gasteiger partial charge in [-0.3, -0.25) is 0 Å². The quantitative estimate of drug-likeness (QED) is 0.547. The molecule has 4 aliphatic carbocycles. The molecule has 0 bridgehead atoms. The Bertz CT molecular complexity index is 558. The van der Waals surface area contributed by atoms with Crippen LogP contribution in [0, 0.1) is 0 Å². The van der Waals surface area contributed by atoms with Gasteiger partial charge in [0.1, 0.15) is 0 Å². The monoisotopic (exact) mass is 454 g/mol. The SMILES string of the molecule is C=C.CC1=CC2=C(CCCC2)[CH]1[Zr+2][CH]1C(C)=CC2=C1CCCC2.[Cl-].[Cl-]. The third kappa shape index (κ3) is 4.72. The molecule has 0 aromatic rings. The molecular formula is C22H30Cl2Zr. The summed E-state index contributed by atoms with van der Waals surface area (Å²) in [5.41, 5.74) is 10.7. The normalized spacial score (nSPS) is 26.8. The van der Waals surface area contributed by atoms with Crippen molar-refractivity contribution in [1.82, 2.24) is 0 Å². The molecule has 0 heterocycles. The molecule has 136 valence electrons. The van der Waals surface area contributed by atoms with E-state index in [2.05, 4.69) is 39.2 Å². The van der Waals surface area contributed by atoms with Gasteiger partial charge < -0.3 is 24.8 Å². The summed E-state index contributed by atoms with van der Waals surface area (Å²) in [5, 5.41) is 0. The molecular weight excluding hydrogens is 426 g/mol. The smallest absolute Gasteiger partial charge is 1.00 e. The standard InChI is InChI=1S/2C10H13.C2H4.2ClH.Zr/c2*1-8-6-9-4-2-3-5-10(9)7-8;1-2;;;/h2*6-7H,2-5H2,1H3;1-2H2;2*1H;/q;;;;;+2/p-2. The first-order valence-corrected chi connectivity index (χ1v) is 12.1. The zero-order chi connectivity index (χ0) is 16.4. The maximum atomic E-state index is 3.00. The molecule has 4 rings (SSSR count). The van der Waals surface area contributed by atoms with Crippen molar-refractivity contribution in [3.63, 3.8) is 0 Å². The average Bonchev–Trinajstić information content (AvgIpc) is 3.07. The van der Waals surface area contributed by atoms with Gasteiger partial charge in [-0.05, 0) is 0 Å². The van der Waals surface area contributed by atoms with E-state index in [0.717, 1.165) is 7.25 Å². The fraction of sp³-hybridized carbons (Fsp3) is 0.545. The zero-order valence-electron chi connectivity index (χ0n) is 15.6. The summed E-state index contributed by atoms with van der Waals surface area (Å²) in [6.07, 6.45) is 16.5. The summed E-state index contributed by atoms with van der Waals surface area (Å²) < 4.78 is 1.87. The Kier molecular flexibility index (Phi) is 9.73. The number of halogens is 2. The van der Waals surface area contributed by atoms with Gasteiger partial charge in [0.05, 0.1) is 0 Å². The molecule has 0 aromatic heterocycles. The van der Waals surface area contributed by atoms with Crippen molar-refractivity contribution in [1.29, 1.82) is 0 Å². The predicted molar refractivity (Wildman–Crippen MR) is 97.3 cm³/mol. The Morgan fingerprint density at radius 3 is 1.48 bits per heavy atom. The number of hydrogen-bond acceptors (Lipinski definition) is 0. The van der Waals surface area contributed by atoms with Crippen LogP contribution in [-0.4, -0.2) is 0 Å². The Labute approximate surface area is 178 Å². The van der Waals surface area contributed by atoms with Crippen molar-refractivity contribution in [3.05, 3.63) is 58.7 Å². The second-order valence-electron chi connectivity index (χ2n) is 7.32. The minimum absolute atomic E-state index is 0. The molecule has 0 saturated carbocycles. The second kappa shape index (κ2) is 10.5. The van der Waals surface area contributed by atoms with Crippen molar-refractivity contribution in [2.45, 2.75) is 72.5 Å². The van der Waals surface area contributed by atoms with Crippen LogP contribution in [0.25, 0.3) is 0 Å². The van der Waals surface area contributed by atoms with E-state index in [0.29, 0.717) is 0 Å². The number of hydrogen-bond donors (Lipinski definition) is 0. The average molecular weight is 457 g/mol. The van der Waals surface area contributed by atoms with Gasteiger partial charge >= 0.3 is 141 Å². The van der Waals surface area contributed by atoms with Crippen LogP contribution in [0.5, 0.6) is 0 Å². The summed E-state index contributed by atoms with van der Waals surface area (Å²) in [6, 6.07) is 0. The molecule has 0 radical (unpaired) electrons. The molecule has 0 aliphatic heterocycles. The van der Waals surface area contributed by atoms with E-state index in [9.17, 15) is 0 Å². The molecule has 3 heteroatoms. The van der Waals surface area contributed by atoms with Crippen molar-refractivity contribution < 1.29 is 48.0 Å². The Morgan fingerprint density at radius 1 is 0.720 bits per heavy atom. The van der Waals surface area contributed by atoms with Crippen LogP contribution in [0.3, 0.4) is 0 Å². The van der Waals surface area contributed by atoms with Crippen LogP contribution in [0.1, 0.15) is 65.2 Å². The van der Waals surface area contributed by atoms with Crippen LogP contribution in [0.2, 0.25) is 7.25 Å². The van der Waals surface area contributed by atoms with Gasteiger partial charge in [0.25, 0.3) is 0 Å². The predicted octanol–water partition coefficient (Wildman–Crippen LogP) is 1.12. The summed E-state index contributed by atoms with van der Waals surface area (Å²) in [4.78, 5) is 0. The van der Waals surface area contributed by atoms with E-state index in [1.54, 1.807) is 22.3 Å². The first-order valence-electron chi connectivity index (χ1n) is 9.30. The molecule has 0 saturated heterocycles. The van der Waals surface area contributed by atoms with Gasteiger partial charge in [0.15, 0.2) is 0 Å². The third-order valence-corrected chi connectivity index (χ3v) is 11.4. The van der Waals surface area contributed by atoms with Crippen LogP contribution in [0.4, 0.5) is 0 Å². The topological polar surface area (TPSA) is 0 Å². The maximum absolute atomic E-state index is 3.00. The molecule has 0 aromatic carbocycles. The molecule has 25 heavy (non-hydrogen) atoms. The van der Waals surface area contributed by atoms with Crippen molar-refractivity contribution >= 4 is 0 Å². The first kappa shape index (κ1) is 23.2. The third-order valence-electron chi connectivity index (χ3n) is 5.85.